The molecule has 0 spiro atoms. The number of hydrogen-bond donors (Lipinski definition) is 1. The quantitative estimate of drug-likeness (QED) is 0.580. The lowest BCUT2D eigenvalue weighted by atomic mass is 10.0. The molecular weight excluding hydrogens is 386 g/mol. The van der Waals surface area contributed by atoms with Gasteiger partial charge in [-0.3, -0.25) is 9.59 Å². The first-order valence-corrected chi connectivity index (χ1v) is 9.76. The van der Waals surface area contributed by atoms with Gasteiger partial charge < -0.3 is 19.5 Å². The Balaban J connectivity index is 1.68. The summed E-state index contributed by atoms with van der Waals surface area (Å²) in [5.41, 5.74) is 2.43. The smallest absolute Gasteiger partial charge is 0.328 e. The first-order chi connectivity index (χ1) is 14.3. The van der Waals surface area contributed by atoms with E-state index in [4.69, 9.17) is 14.2 Å². The van der Waals surface area contributed by atoms with Gasteiger partial charge in [-0.05, 0) is 30.2 Å². The third-order valence-electron chi connectivity index (χ3n) is 5.18. The first kappa shape index (κ1) is 21.4. The number of para-hydroxylation sites is 1. The van der Waals surface area contributed by atoms with E-state index in [9.17, 15) is 14.4 Å². The number of amides is 1. The Morgan fingerprint density at radius 3 is 2.50 bits per heavy atom. The van der Waals surface area contributed by atoms with Gasteiger partial charge in [0.1, 0.15) is 12.1 Å². The lowest BCUT2D eigenvalue weighted by Crippen LogP contribution is -2.41. The first-order valence-electron chi connectivity index (χ1n) is 9.76. The van der Waals surface area contributed by atoms with Gasteiger partial charge in [-0.2, -0.15) is 0 Å². The molecule has 0 saturated carbocycles. The van der Waals surface area contributed by atoms with Crippen LogP contribution >= 0.6 is 0 Å². The maximum Gasteiger partial charge on any atom is 0.328 e. The summed E-state index contributed by atoms with van der Waals surface area (Å²) < 4.78 is 16.0. The van der Waals surface area contributed by atoms with E-state index in [-0.39, 0.29) is 29.1 Å². The molecule has 0 radical (unpaired) electrons. The molecule has 1 aliphatic rings. The topological polar surface area (TPSA) is 90.9 Å². The highest BCUT2D eigenvalue weighted by Gasteiger charge is 2.33. The van der Waals surface area contributed by atoms with E-state index in [2.05, 4.69) is 5.32 Å². The van der Waals surface area contributed by atoms with Crippen molar-refractivity contribution in [1.82, 2.24) is 5.32 Å². The van der Waals surface area contributed by atoms with Gasteiger partial charge in [0.15, 0.2) is 11.5 Å². The van der Waals surface area contributed by atoms with Crippen molar-refractivity contribution in [2.75, 3.05) is 7.11 Å². The number of methoxy groups -OCH3 is 1. The predicted octanol–water partition coefficient (Wildman–Crippen LogP) is 3.01. The molecule has 0 fully saturated rings. The molecule has 3 rings (SSSR count). The Labute approximate surface area is 175 Å². The summed E-state index contributed by atoms with van der Waals surface area (Å²) in [4.78, 5) is 36.8. The molecule has 3 atom stereocenters. The maximum absolute atomic E-state index is 12.7. The minimum Gasteiger partial charge on any atom is -0.493 e. The van der Waals surface area contributed by atoms with Gasteiger partial charge >= 0.3 is 11.9 Å². The number of nitrogens with one attached hydrogen (secondary N) is 1. The molecular formula is C23H25NO6. The second-order valence-corrected chi connectivity index (χ2v) is 7.29. The van der Waals surface area contributed by atoms with Gasteiger partial charge in [-0.15, -0.1) is 0 Å². The summed E-state index contributed by atoms with van der Waals surface area (Å²) in [5.74, 6) is -1.35. The van der Waals surface area contributed by atoms with Crippen LogP contribution in [0, 0.1) is 0 Å². The number of ether oxygens (including phenoxy) is 3. The summed E-state index contributed by atoms with van der Waals surface area (Å²) in [6.45, 7) is 4.81. The van der Waals surface area contributed by atoms with Gasteiger partial charge in [-0.1, -0.05) is 37.3 Å². The summed E-state index contributed by atoms with van der Waals surface area (Å²) in [6, 6.07) is 11.8. The van der Waals surface area contributed by atoms with Crippen molar-refractivity contribution in [3.8, 4) is 11.5 Å². The highest BCUT2D eigenvalue weighted by molar-refractivity contribution is 6.00. The van der Waals surface area contributed by atoms with Gasteiger partial charge in [0.25, 0.3) is 5.91 Å². The van der Waals surface area contributed by atoms with Crippen LogP contribution in [0.15, 0.2) is 42.5 Å². The number of hydrogen-bond acceptors (Lipinski definition) is 6. The molecule has 0 heterocycles. The molecule has 0 saturated heterocycles. The molecule has 2 unspecified atom stereocenters. The summed E-state index contributed by atoms with van der Waals surface area (Å²) in [7, 11) is 1.41. The van der Waals surface area contributed by atoms with Crippen LogP contribution in [0.4, 0.5) is 0 Å². The van der Waals surface area contributed by atoms with Crippen LogP contribution in [0.5, 0.6) is 11.5 Å². The van der Waals surface area contributed by atoms with E-state index in [0.29, 0.717) is 6.42 Å². The fraction of sp³-hybridized carbons (Fsp3) is 0.348. The molecule has 0 bridgehead atoms. The molecule has 1 N–H and O–H groups in total. The molecule has 1 amide bonds. The Kier molecular flexibility index (Phi) is 6.40. The Morgan fingerprint density at radius 1 is 1.10 bits per heavy atom. The van der Waals surface area contributed by atoms with Crippen LogP contribution in [-0.2, 0) is 20.7 Å². The van der Waals surface area contributed by atoms with Gasteiger partial charge in [0, 0.05) is 19.3 Å². The SMILES string of the molecule is COc1cccc(C(=O)N[C@@H](C)C(=O)OC2Cc3ccccc3C2C)c1OC(C)=O. The summed E-state index contributed by atoms with van der Waals surface area (Å²) >= 11 is 0. The van der Waals surface area contributed by atoms with E-state index in [1.807, 2.05) is 31.2 Å². The fourth-order valence-electron chi connectivity index (χ4n) is 3.59. The van der Waals surface area contributed by atoms with Crippen LogP contribution in [-0.4, -0.2) is 37.1 Å². The highest BCUT2D eigenvalue weighted by atomic mass is 16.6. The average molecular weight is 411 g/mol. The molecule has 2 aromatic rings. The number of esters is 2. The van der Waals surface area contributed by atoms with Crippen LogP contribution in [0.2, 0.25) is 0 Å². The number of rotatable bonds is 6. The normalized spacial score (nSPS) is 18.1. The molecule has 0 aliphatic heterocycles. The molecule has 158 valence electrons. The average Bonchev–Trinajstić information content (AvgIpc) is 3.03. The standard InChI is InChI=1S/C23H25NO6/c1-13-17-9-6-5-8-16(17)12-20(13)30-23(27)14(2)24-22(26)18-10-7-11-19(28-4)21(18)29-15(3)25/h5-11,13-14,20H,12H2,1-4H3,(H,24,26)/t13?,14-,20?/m0/s1. The lowest BCUT2D eigenvalue weighted by Gasteiger charge is -2.21. The van der Waals surface area contributed by atoms with Crippen molar-refractivity contribution in [3.05, 3.63) is 59.2 Å². The Morgan fingerprint density at radius 2 is 1.83 bits per heavy atom. The molecule has 30 heavy (non-hydrogen) atoms. The van der Waals surface area contributed by atoms with Crippen LogP contribution in [0.1, 0.15) is 48.2 Å². The van der Waals surface area contributed by atoms with E-state index in [1.54, 1.807) is 19.1 Å². The lowest BCUT2D eigenvalue weighted by molar-refractivity contribution is -0.151. The van der Waals surface area contributed by atoms with Gasteiger partial charge in [0.2, 0.25) is 0 Å². The third kappa shape index (κ3) is 4.45. The molecule has 7 nitrogen and oxygen atoms in total. The van der Waals surface area contributed by atoms with Crippen molar-refractivity contribution >= 4 is 17.8 Å². The zero-order valence-electron chi connectivity index (χ0n) is 17.4. The van der Waals surface area contributed by atoms with Crippen molar-refractivity contribution < 1.29 is 28.6 Å². The summed E-state index contributed by atoms with van der Waals surface area (Å²) in [6.07, 6.45) is 0.374. The van der Waals surface area contributed by atoms with Crippen molar-refractivity contribution in [2.24, 2.45) is 0 Å². The van der Waals surface area contributed by atoms with Crippen LogP contribution < -0.4 is 14.8 Å². The zero-order chi connectivity index (χ0) is 21.8. The fourth-order valence-corrected chi connectivity index (χ4v) is 3.59. The molecule has 2 aromatic carbocycles. The van der Waals surface area contributed by atoms with Crippen LogP contribution in [0.3, 0.4) is 0 Å². The maximum atomic E-state index is 12.7. The minimum atomic E-state index is -0.884. The monoisotopic (exact) mass is 411 g/mol. The molecule has 7 heteroatoms. The largest absolute Gasteiger partial charge is 0.493 e. The Bertz CT molecular complexity index is 970. The van der Waals surface area contributed by atoms with Crippen molar-refractivity contribution in [1.29, 1.82) is 0 Å². The summed E-state index contributed by atoms with van der Waals surface area (Å²) in [5, 5.41) is 2.61. The molecule has 0 aromatic heterocycles. The van der Waals surface area contributed by atoms with E-state index >= 15 is 0 Å². The zero-order valence-corrected chi connectivity index (χ0v) is 17.4. The second-order valence-electron chi connectivity index (χ2n) is 7.29. The van der Waals surface area contributed by atoms with E-state index < -0.39 is 23.9 Å². The number of carbonyl (C=O) groups excluding carboxylic acids is 3. The second kappa shape index (κ2) is 8.98. The van der Waals surface area contributed by atoms with E-state index in [0.717, 1.165) is 0 Å². The number of benzene rings is 2. The third-order valence-corrected chi connectivity index (χ3v) is 5.18. The molecule has 1 aliphatic carbocycles. The predicted molar refractivity (Wildman–Crippen MR) is 110 cm³/mol. The van der Waals surface area contributed by atoms with Crippen molar-refractivity contribution in [3.63, 3.8) is 0 Å². The highest BCUT2D eigenvalue weighted by Crippen LogP contribution is 2.35. The van der Waals surface area contributed by atoms with Crippen LogP contribution in [0.25, 0.3) is 0 Å². The van der Waals surface area contributed by atoms with E-state index in [1.165, 1.54) is 31.2 Å². The van der Waals surface area contributed by atoms with Crippen molar-refractivity contribution in [2.45, 2.75) is 45.3 Å². The Hall–Kier alpha value is -3.35. The number of fused-ring (bicyclic) bond motifs is 1. The number of carbonyl (C=O) groups is 3. The van der Waals surface area contributed by atoms with Gasteiger partial charge in [-0.25, -0.2) is 4.79 Å². The minimum absolute atomic E-state index is 0.00503. The van der Waals surface area contributed by atoms with Gasteiger partial charge in [0.05, 0.1) is 12.7 Å².